The van der Waals surface area contributed by atoms with Gasteiger partial charge in [-0.1, -0.05) is 0 Å². The minimum absolute atomic E-state index is 0.0535. The van der Waals surface area contributed by atoms with Crippen LogP contribution in [0.3, 0.4) is 0 Å². The number of benzene rings is 1. The van der Waals surface area contributed by atoms with Gasteiger partial charge in [0.05, 0.1) is 36.1 Å². The van der Waals surface area contributed by atoms with Gasteiger partial charge in [0.25, 0.3) is 11.8 Å². The molecule has 8 heteroatoms. The molecule has 2 aromatic rings. The quantitative estimate of drug-likeness (QED) is 0.589. The molecular weight excluding hydrogens is 435 g/mol. The van der Waals surface area contributed by atoms with E-state index in [9.17, 15) is 9.59 Å². The number of aromatic amines is 1. The van der Waals surface area contributed by atoms with Crippen molar-refractivity contribution in [2.45, 2.75) is 51.6 Å². The van der Waals surface area contributed by atoms with Crippen molar-refractivity contribution in [1.29, 1.82) is 0 Å². The molecule has 34 heavy (non-hydrogen) atoms. The molecule has 1 saturated heterocycles. The molecule has 0 unspecified atom stereocenters. The summed E-state index contributed by atoms with van der Waals surface area (Å²) in [5, 5.41) is 2.80. The van der Waals surface area contributed by atoms with Gasteiger partial charge in [-0.15, -0.1) is 0 Å². The fraction of sp³-hybridized carbons (Fsp3) is 0.462. The fourth-order valence-electron chi connectivity index (χ4n) is 5.12. The summed E-state index contributed by atoms with van der Waals surface area (Å²) in [6.07, 6.45) is 5.56. The van der Waals surface area contributed by atoms with Gasteiger partial charge in [0.1, 0.15) is 5.82 Å². The molecule has 4 N–H and O–H groups in total. The minimum Gasteiger partial charge on any atom is -0.377 e. The second-order valence-electron chi connectivity index (χ2n) is 9.86. The first-order valence-corrected chi connectivity index (χ1v) is 12.0. The van der Waals surface area contributed by atoms with Crippen LogP contribution in [-0.2, 0) is 9.53 Å². The number of hydrogen-bond acceptors (Lipinski definition) is 4. The lowest BCUT2D eigenvalue weighted by Gasteiger charge is -2.30. The van der Waals surface area contributed by atoms with Crippen molar-refractivity contribution in [3.8, 4) is 0 Å². The number of nitrogens with two attached hydrogens (primary N) is 1. The Balaban J connectivity index is 1.52. The van der Waals surface area contributed by atoms with E-state index in [-0.39, 0.29) is 23.6 Å². The maximum atomic E-state index is 15.1. The Morgan fingerprint density at radius 2 is 1.97 bits per heavy atom. The van der Waals surface area contributed by atoms with Crippen molar-refractivity contribution in [2.75, 3.05) is 24.7 Å². The van der Waals surface area contributed by atoms with E-state index < -0.39 is 11.7 Å². The molecule has 0 atom stereocenters. The standard InChI is InChI=1S/C26H31FN4O3/c1-14-7-15(2)29-23(14)9-20-19-8-22(27)21(25(32)30-18-12-34-13-18)10-24(19)31(26(20)33)11-16-3-5-17(28)6-4-16/h7-10,16-18,29H,3-6,11-13,28H2,1-2H3,(H,30,32)/b20-9-. The molecule has 2 amide bonds. The number of amides is 2. The second-order valence-corrected chi connectivity index (χ2v) is 9.86. The van der Waals surface area contributed by atoms with E-state index in [0.29, 0.717) is 42.5 Å². The number of hydrogen-bond donors (Lipinski definition) is 3. The number of halogens is 1. The predicted octanol–water partition coefficient (Wildman–Crippen LogP) is 3.30. The predicted molar refractivity (Wildman–Crippen MR) is 129 cm³/mol. The van der Waals surface area contributed by atoms with E-state index in [2.05, 4.69) is 10.3 Å². The number of carbonyl (C=O) groups excluding carboxylic acids is 2. The van der Waals surface area contributed by atoms with Gasteiger partial charge in [-0.2, -0.15) is 0 Å². The smallest absolute Gasteiger partial charge is 0.259 e. The summed E-state index contributed by atoms with van der Waals surface area (Å²) < 4.78 is 20.2. The summed E-state index contributed by atoms with van der Waals surface area (Å²) in [7, 11) is 0. The van der Waals surface area contributed by atoms with Crippen LogP contribution in [0.2, 0.25) is 0 Å². The molecule has 0 spiro atoms. The highest BCUT2D eigenvalue weighted by atomic mass is 19.1. The Morgan fingerprint density at radius 3 is 2.59 bits per heavy atom. The molecule has 180 valence electrons. The minimum atomic E-state index is -0.639. The monoisotopic (exact) mass is 466 g/mol. The van der Waals surface area contributed by atoms with E-state index in [0.717, 1.165) is 42.6 Å². The highest BCUT2D eigenvalue weighted by molar-refractivity contribution is 6.36. The summed E-state index contributed by atoms with van der Waals surface area (Å²) in [5.41, 5.74) is 10.4. The lowest BCUT2D eigenvalue weighted by atomic mass is 9.86. The largest absolute Gasteiger partial charge is 0.377 e. The highest BCUT2D eigenvalue weighted by Crippen LogP contribution is 2.41. The zero-order valence-corrected chi connectivity index (χ0v) is 19.6. The number of ether oxygens (including phenoxy) is 1. The van der Waals surface area contributed by atoms with Crippen LogP contribution in [0.5, 0.6) is 0 Å². The van der Waals surface area contributed by atoms with Crippen LogP contribution in [0.1, 0.15) is 58.6 Å². The third-order valence-corrected chi connectivity index (χ3v) is 7.17. The Hall–Kier alpha value is -2.97. The highest BCUT2D eigenvalue weighted by Gasteiger charge is 2.37. The fourth-order valence-corrected chi connectivity index (χ4v) is 5.12. The average molecular weight is 467 g/mol. The van der Waals surface area contributed by atoms with Crippen molar-refractivity contribution in [3.05, 3.63) is 52.1 Å². The molecule has 5 rings (SSSR count). The average Bonchev–Trinajstić information content (AvgIpc) is 3.21. The van der Waals surface area contributed by atoms with Gasteiger partial charge in [0, 0.05) is 29.5 Å². The van der Waals surface area contributed by atoms with Gasteiger partial charge in [0.2, 0.25) is 0 Å². The number of nitrogens with zero attached hydrogens (tertiary/aromatic N) is 1. The first-order valence-electron chi connectivity index (χ1n) is 12.0. The van der Waals surface area contributed by atoms with Gasteiger partial charge in [-0.3, -0.25) is 9.59 Å². The van der Waals surface area contributed by atoms with Crippen LogP contribution in [0.4, 0.5) is 10.1 Å². The molecule has 1 aromatic carbocycles. The number of aromatic nitrogens is 1. The summed E-state index contributed by atoms with van der Waals surface area (Å²) in [6, 6.07) is 4.96. The summed E-state index contributed by atoms with van der Waals surface area (Å²) >= 11 is 0. The first kappa shape index (κ1) is 22.8. The molecule has 0 radical (unpaired) electrons. The Kier molecular flexibility index (Phi) is 6.04. The number of fused-ring (bicyclic) bond motifs is 1. The van der Waals surface area contributed by atoms with E-state index in [1.807, 2.05) is 19.9 Å². The molecule has 1 aliphatic carbocycles. The third kappa shape index (κ3) is 4.28. The maximum absolute atomic E-state index is 15.1. The Bertz CT molecular complexity index is 1160. The molecule has 1 aromatic heterocycles. The van der Waals surface area contributed by atoms with E-state index in [1.54, 1.807) is 11.0 Å². The lowest BCUT2D eigenvalue weighted by molar-refractivity contribution is -0.113. The van der Waals surface area contributed by atoms with Crippen molar-refractivity contribution < 1.29 is 18.7 Å². The molecule has 1 saturated carbocycles. The molecule has 0 bridgehead atoms. The van der Waals surface area contributed by atoms with Crippen LogP contribution in [-0.4, -0.2) is 48.6 Å². The first-order chi connectivity index (χ1) is 16.3. The van der Waals surface area contributed by atoms with Gasteiger partial charge in [0.15, 0.2) is 0 Å². The summed E-state index contributed by atoms with van der Waals surface area (Å²) in [5.74, 6) is -0.973. The molecule has 3 heterocycles. The number of carbonyl (C=O) groups is 2. The van der Waals surface area contributed by atoms with Crippen LogP contribution in [0.25, 0.3) is 11.6 Å². The summed E-state index contributed by atoms with van der Waals surface area (Å²) in [4.78, 5) is 31.4. The van der Waals surface area contributed by atoms with Crippen molar-refractivity contribution in [2.24, 2.45) is 11.7 Å². The number of anilines is 1. The number of nitrogens with one attached hydrogen (secondary N) is 2. The maximum Gasteiger partial charge on any atom is 0.259 e. The topological polar surface area (TPSA) is 100 Å². The van der Waals surface area contributed by atoms with E-state index >= 15 is 4.39 Å². The normalized spacial score (nSPS) is 23.8. The molecule has 3 aliphatic rings. The van der Waals surface area contributed by atoms with Crippen molar-refractivity contribution in [1.82, 2.24) is 10.3 Å². The van der Waals surface area contributed by atoms with Gasteiger partial charge < -0.3 is 25.7 Å². The van der Waals surface area contributed by atoms with Gasteiger partial charge in [-0.25, -0.2) is 4.39 Å². The molecular formula is C26H31FN4O3. The molecule has 7 nitrogen and oxygen atoms in total. The van der Waals surface area contributed by atoms with Gasteiger partial charge in [-0.05, 0) is 75.3 Å². The van der Waals surface area contributed by atoms with Crippen LogP contribution < -0.4 is 16.0 Å². The van der Waals surface area contributed by atoms with Crippen LogP contribution >= 0.6 is 0 Å². The number of aryl methyl sites for hydroxylation is 2. The Morgan fingerprint density at radius 1 is 1.24 bits per heavy atom. The second kappa shape index (κ2) is 9.00. The lowest BCUT2D eigenvalue weighted by Crippen LogP contribution is -2.48. The van der Waals surface area contributed by atoms with Gasteiger partial charge >= 0.3 is 0 Å². The number of rotatable bonds is 5. The summed E-state index contributed by atoms with van der Waals surface area (Å²) in [6.45, 7) is 5.31. The van der Waals surface area contributed by atoms with Crippen molar-refractivity contribution in [3.63, 3.8) is 0 Å². The zero-order chi connectivity index (χ0) is 24.0. The molecule has 2 fully saturated rings. The van der Waals surface area contributed by atoms with E-state index in [4.69, 9.17) is 10.5 Å². The Labute approximate surface area is 198 Å². The van der Waals surface area contributed by atoms with Crippen LogP contribution in [0, 0.1) is 25.6 Å². The SMILES string of the molecule is Cc1cc(C)c(/C=C2\C(=O)N(CC3CCC(N)CC3)c3cc(C(=O)NC4COC4)c(F)cc32)[nH]1. The van der Waals surface area contributed by atoms with Crippen molar-refractivity contribution >= 4 is 29.2 Å². The van der Waals surface area contributed by atoms with E-state index in [1.165, 1.54) is 12.1 Å². The third-order valence-electron chi connectivity index (χ3n) is 7.17. The zero-order valence-electron chi connectivity index (χ0n) is 19.6. The van der Waals surface area contributed by atoms with Crippen LogP contribution in [0.15, 0.2) is 18.2 Å². The molecule has 2 aliphatic heterocycles. The number of H-pyrrole nitrogens is 1.